The molecule has 0 amide bonds. The van der Waals surface area contributed by atoms with Crippen LogP contribution in [0.5, 0.6) is 0 Å². The number of esters is 1. The van der Waals surface area contributed by atoms with Crippen molar-refractivity contribution in [2.75, 3.05) is 11.5 Å². The Morgan fingerprint density at radius 3 is 2.77 bits per heavy atom. The van der Waals surface area contributed by atoms with E-state index in [4.69, 9.17) is 30.3 Å². The van der Waals surface area contributed by atoms with E-state index in [1.54, 1.807) is 41.1 Å². The second-order valence-corrected chi connectivity index (χ2v) is 8.62. The predicted molar refractivity (Wildman–Crippen MR) is 137 cm³/mol. The lowest BCUT2D eigenvalue weighted by atomic mass is 10.1. The third-order valence-corrected chi connectivity index (χ3v) is 6.10. The van der Waals surface area contributed by atoms with Gasteiger partial charge in [-0.2, -0.15) is 10.1 Å². The monoisotopic (exact) mass is 527 g/mol. The van der Waals surface area contributed by atoms with E-state index < -0.39 is 5.97 Å². The number of benzene rings is 2. The van der Waals surface area contributed by atoms with Crippen molar-refractivity contribution in [3.05, 3.63) is 65.8 Å². The smallest absolute Gasteiger partial charge is 0.306 e. The molecule has 4 N–H and O–H groups in total. The quantitative estimate of drug-likeness (QED) is 0.217. The molecule has 6 rings (SSSR count). The highest BCUT2D eigenvalue weighted by molar-refractivity contribution is 5.99. The number of ether oxygens (including phenoxy) is 1. The standard InChI is InChI=1S/C25H21N9O5/c26-23-20-22(15-8-9-18-16(11-15)30-25(27)38-18)31-33(24(20)29-13-28-23)10-4-7-19(35)37-12-17-21(32-39-34(17)36)14-5-2-1-3-6-14/h1-3,5-6,8-9,11,13H,4,7,10,12H2,(H2,27,30)(H2,26,28,29). The molecule has 14 nitrogen and oxygen atoms in total. The van der Waals surface area contributed by atoms with Gasteiger partial charge in [-0.3, -0.25) is 9.42 Å². The topological polar surface area (TPSA) is 201 Å². The van der Waals surface area contributed by atoms with Crippen LogP contribution in [0.15, 0.2) is 63.9 Å². The van der Waals surface area contributed by atoms with Crippen LogP contribution in [-0.2, 0) is 22.7 Å². The third kappa shape index (κ3) is 4.54. The molecule has 0 saturated heterocycles. The molecule has 0 fully saturated rings. The second-order valence-electron chi connectivity index (χ2n) is 8.62. The zero-order valence-corrected chi connectivity index (χ0v) is 20.4. The molecule has 0 aliphatic rings. The molecule has 0 saturated carbocycles. The van der Waals surface area contributed by atoms with Crippen LogP contribution in [0, 0.1) is 5.21 Å². The van der Waals surface area contributed by atoms with Crippen molar-refractivity contribution >= 4 is 39.9 Å². The van der Waals surface area contributed by atoms with E-state index in [0.29, 0.717) is 52.1 Å². The molecule has 14 heteroatoms. The van der Waals surface area contributed by atoms with Crippen LogP contribution in [0.2, 0.25) is 0 Å². The minimum Gasteiger partial charge on any atom is -0.457 e. The Hall–Kier alpha value is -5.53. The van der Waals surface area contributed by atoms with Gasteiger partial charge < -0.3 is 25.8 Å². The van der Waals surface area contributed by atoms with Crippen LogP contribution in [0.1, 0.15) is 18.5 Å². The molecule has 4 aromatic heterocycles. The highest BCUT2D eigenvalue weighted by Gasteiger charge is 2.23. The van der Waals surface area contributed by atoms with Crippen molar-refractivity contribution in [2.24, 2.45) is 0 Å². The number of carbonyl (C=O) groups excluding carboxylic acids is 1. The molecular weight excluding hydrogens is 506 g/mol. The summed E-state index contributed by atoms with van der Waals surface area (Å²) in [6.07, 6.45) is 1.83. The third-order valence-electron chi connectivity index (χ3n) is 6.10. The van der Waals surface area contributed by atoms with E-state index in [2.05, 4.69) is 20.1 Å². The SMILES string of the molecule is Nc1nc2cc(-c3nn(CCCC(=O)OCc4c(-c5ccccc5)no[n+]4[O-])c4ncnc(N)c34)ccc2o1. The summed E-state index contributed by atoms with van der Waals surface area (Å²) in [5.74, 6) is -0.218. The number of oxazole rings is 1. The molecule has 0 unspecified atom stereocenters. The van der Waals surface area contributed by atoms with Crippen molar-refractivity contribution in [1.29, 1.82) is 0 Å². The molecule has 4 heterocycles. The lowest BCUT2D eigenvalue weighted by molar-refractivity contribution is -0.808. The zero-order valence-electron chi connectivity index (χ0n) is 20.4. The number of nitrogens with two attached hydrogens (primary N) is 2. The lowest BCUT2D eigenvalue weighted by Crippen LogP contribution is -2.29. The molecule has 2 aromatic carbocycles. The van der Waals surface area contributed by atoms with Gasteiger partial charge in [0.2, 0.25) is 5.69 Å². The fourth-order valence-corrected chi connectivity index (χ4v) is 4.28. The Morgan fingerprint density at radius 1 is 1.08 bits per heavy atom. The van der Waals surface area contributed by atoms with E-state index >= 15 is 0 Å². The molecule has 39 heavy (non-hydrogen) atoms. The van der Waals surface area contributed by atoms with Crippen molar-refractivity contribution < 1.29 is 23.5 Å². The fraction of sp³-hybridized carbons (Fsp3) is 0.160. The Balaban J connectivity index is 1.16. The van der Waals surface area contributed by atoms with Crippen molar-refractivity contribution in [1.82, 2.24) is 29.9 Å². The van der Waals surface area contributed by atoms with Gasteiger partial charge in [-0.1, -0.05) is 30.3 Å². The maximum absolute atomic E-state index is 12.5. The normalized spacial score (nSPS) is 11.4. The van der Waals surface area contributed by atoms with Gasteiger partial charge >= 0.3 is 5.97 Å². The number of hydrogen-bond acceptors (Lipinski definition) is 12. The maximum atomic E-state index is 12.5. The van der Waals surface area contributed by atoms with Gasteiger partial charge in [-0.25, -0.2) is 14.6 Å². The molecular formula is C25H21N9O5. The summed E-state index contributed by atoms with van der Waals surface area (Å²) in [7, 11) is 0. The lowest BCUT2D eigenvalue weighted by Gasteiger charge is -2.05. The summed E-state index contributed by atoms with van der Waals surface area (Å²) in [5, 5.41) is 21.1. The predicted octanol–water partition coefficient (Wildman–Crippen LogP) is 2.61. The summed E-state index contributed by atoms with van der Waals surface area (Å²) in [6, 6.07) is 14.4. The first-order valence-electron chi connectivity index (χ1n) is 11.9. The second kappa shape index (κ2) is 9.74. The number of nitrogen functional groups attached to an aromatic ring is 2. The van der Waals surface area contributed by atoms with Gasteiger partial charge in [0.1, 0.15) is 23.4 Å². The largest absolute Gasteiger partial charge is 0.457 e. The zero-order chi connectivity index (χ0) is 26.9. The summed E-state index contributed by atoms with van der Waals surface area (Å²) >= 11 is 0. The van der Waals surface area contributed by atoms with E-state index in [-0.39, 0.29) is 35.5 Å². The van der Waals surface area contributed by atoms with E-state index in [0.717, 1.165) is 5.56 Å². The first-order chi connectivity index (χ1) is 19.0. The van der Waals surface area contributed by atoms with Crippen molar-refractivity contribution in [3.8, 4) is 22.5 Å². The van der Waals surface area contributed by atoms with Gasteiger partial charge in [0, 0.05) is 29.2 Å². The Kier molecular flexibility index (Phi) is 5.95. The number of hydrogen-bond donors (Lipinski definition) is 2. The average Bonchev–Trinajstić information content (AvgIpc) is 3.62. The van der Waals surface area contributed by atoms with Crippen LogP contribution in [-0.4, -0.2) is 35.9 Å². The number of fused-ring (bicyclic) bond motifs is 2. The number of carbonyl (C=O) groups is 1. The van der Waals surface area contributed by atoms with Gasteiger partial charge in [-0.15, -0.1) is 0 Å². The Bertz CT molecular complexity index is 1810. The average molecular weight is 528 g/mol. The maximum Gasteiger partial charge on any atom is 0.306 e. The van der Waals surface area contributed by atoms with Crippen molar-refractivity contribution in [3.63, 3.8) is 0 Å². The van der Waals surface area contributed by atoms with Gasteiger partial charge in [0.15, 0.2) is 17.8 Å². The molecule has 0 radical (unpaired) electrons. The minimum atomic E-state index is -0.491. The van der Waals surface area contributed by atoms with Crippen LogP contribution in [0.3, 0.4) is 0 Å². The highest BCUT2D eigenvalue weighted by Crippen LogP contribution is 2.32. The number of anilines is 2. The summed E-state index contributed by atoms with van der Waals surface area (Å²) in [6.45, 7) is 0.0784. The summed E-state index contributed by atoms with van der Waals surface area (Å²) < 4.78 is 17.0. The Labute approximate surface area is 219 Å². The molecule has 0 aliphatic heterocycles. The van der Waals surface area contributed by atoms with E-state index in [9.17, 15) is 10.0 Å². The van der Waals surface area contributed by atoms with E-state index in [1.807, 2.05) is 12.1 Å². The van der Waals surface area contributed by atoms with Gasteiger partial charge in [0.25, 0.3) is 11.7 Å². The van der Waals surface area contributed by atoms with Crippen LogP contribution < -0.4 is 16.4 Å². The molecule has 196 valence electrons. The summed E-state index contributed by atoms with van der Waals surface area (Å²) in [4.78, 5) is 25.3. The van der Waals surface area contributed by atoms with Crippen LogP contribution in [0.25, 0.3) is 44.6 Å². The van der Waals surface area contributed by atoms with Gasteiger partial charge in [-0.05, 0) is 29.5 Å². The number of rotatable bonds is 8. The fourth-order valence-electron chi connectivity index (χ4n) is 4.28. The Morgan fingerprint density at radius 2 is 1.92 bits per heavy atom. The highest BCUT2D eigenvalue weighted by atomic mass is 16.8. The molecule has 6 aromatic rings. The number of aryl methyl sites for hydroxylation is 1. The summed E-state index contributed by atoms with van der Waals surface area (Å²) in [5.41, 5.74) is 15.9. The molecule has 0 spiro atoms. The molecule has 0 aliphatic carbocycles. The first-order valence-corrected chi connectivity index (χ1v) is 11.9. The molecule has 0 atom stereocenters. The van der Waals surface area contributed by atoms with Crippen LogP contribution >= 0.6 is 0 Å². The minimum absolute atomic E-state index is 0.0673. The number of aromatic nitrogens is 7. The number of nitrogens with zero attached hydrogens (tertiary/aromatic N) is 7. The van der Waals surface area contributed by atoms with Crippen LogP contribution in [0.4, 0.5) is 11.8 Å². The van der Waals surface area contributed by atoms with Gasteiger partial charge in [0.05, 0.1) is 5.39 Å². The van der Waals surface area contributed by atoms with Crippen molar-refractivity contribution in [2.45, 2.75) is 26.0 Å². The molecule has 0 bridgehead atoms. The first kappa shape index (κ1) is 23.8. The van der Waals surface area contributed by atoms with E-state index in [1.165, 1.54) is 6.33 Å².